The minimum Gasteiger partial charge on any atom is -0.309 e. The van der Waals surface area contributed by atoms with E-state index in [4.69, 9.17) is 5.73 Å². The number of likely N-dealkylation sites (N-methyl/N-ethyl adjacent to an activating group) is 1. The van der Waals surface area contributed by atoms with Gasteiger partial charge in [0.1, 0.15) is 0 Å². The summed E-state index contributed by atoms with van der Waals surface area (Å²) in [7, 11) is 4.04. The molecule has 2 nitrogen and oxygen atoms in total. The average molecular weight is 166 g/mol. The molecular formula is C10H18N2. The number of hydrogen-bond donors (Lipinski definition) is 1. The van der Waals surface area contributed by atoms with Gasteiger partial charge in [0.05, 0.1) is 5.66 Å². The van der Waals surface area contributed by atoms with E-state index in [-0.39, 0.29) is 5.66 Å². The van der Waals surface area contributed by atoms with E-state index in [0.29, 0.717) is 5.92 Å². The fourth-order valence-electron chi connectivity index (χ4n) is 1.63. The van der Waals surface area contributed by atoms with Gasteiger partial charge in [0.15, 0.2) is 0 Å². The van der Waals surface area contributed by atoms with Crippen molar-refractivity contribution in [2.24, 2.45) is 11.7 Å². The third kappa shape index (κ3) is 1.45. The zero-order chi connectivity index (χ0) is 9.19. The summed E-state index contributed by atoms with van der Waals surface area (Å²) in [6.07, 6.45) is 9.42. The summed E-state index contributed by atoms with van der Waals surface area (Å²) in [5, 5.41) is 0. The van der Waals surface area contributed by atoms with Gasteiger partial charge in [-0.05, 0) is 26.6 Å². The second kappa shape index (κ2) is 3.42. The van der Waals surface area contributed by atoms with Crippen LogP contribution in [-0.2, 0) is 0 Å². The predicted octanol–water partition coefficient (Wildman–Crippen LogP) is 1.36. The lowest BCUT2D eigenvalue weighted by atomic mass is 9.86. The van der Waals surface area contributed by atoms with Crippen molar-refractivity contribution in [3.8, 4) is 0 Å². The zero-order valence-electron chi connectivity index (χ0n) is 8.12. The summed E-state index contributed by atoms with van der Waals surface area (Å²) in [5.41, 5.74) is 5.96. The van der Waals surface area contributed by atoms with E-state index in [2.05, 4.69) is 30.1 Å². The Kier molecular flexibility index (Phi) is 2.70. The van der Waals surface area contributed by atoms with Gasteiger partial charge >= 0.3 is 0 Å². The van der Waals surface area contributed by atoms with Gasteiger partial charge in [-0.3, -0.25) is 4.90 Å². The van der Waals surface area contributed by atoms with Crippen molar-refractivity contribution >= 4 is 0 Å². The van der Waals surface area contributed by atoms with Crippen molar-refractivity contribution in [2.75, 3.05) is 14.1 Å². The van der Waals surface area contributed by atoms with Crippen molar-refractivity contribution in [1.82, 2.24) is 4.90 Å². The fraction of sp³-hybridized carbons (Fsp3) is 0.600. The van der Waals surface area contributed by atoms with Crippen molar-refractivity contribution in [2.45, 2.75) is 19.0 Å². The average Bonchev–Trinajstić information content (AvgIpc) is 2.05. The Morgan fingerprint density at radius 3 is 2.50 bits per heavy atom. The highest BCUT2D eigenvalue weighted by Crippen LogP contribution is 2.26. The molecule has 0 amide bonds. The van der Waals surface area contributed by atoms with Gasteiger partial charge in [0, 0.05) is 5.92 Å². The van der Waals surface area contributed by atoms with Crippen LogP contribution in [0.5, 0.6) is 0 Å². The smallest absolute Gasteiger partial charge is 0.0941 e. The third-order valence-corrected chi connectivity index (χ3v) is 2.63. The molecule has 0 spiro atoms. The van der Waals surface area contributed by atoms with Gasteiger partial charge in [-0.1, -0.05) is 25.2 Å². The summed E-state index contributed by atoms with van der Waals surface area (Å²) in [4.78, 5) is 2.07. The molecule has 0 fully saturated rings. The second-order valence-electron chi connectivity index (χ2n) is 3.54. The summed E-state index contributed by atoms with van der Waals surface area (Å²) >= 11 is 0. The normalized spacial score (nSPS) is 34.6. The van der Waals surface area contributed by atoms with Gasteiger partial charge in [0.2, 0.25) is 0 Å². The molecule has 1 rings (SSSR count). The van der Waals surface area contributed by atoms with Crippen molar-refractivity contribution in [3.63, 3.8) is 0 Å². The molecule has 0 saturated carbocycles. The van der Waals surface area contributed by atoms with Crippen LogP contribution in [0.1, 0.15) is 13.3 Å². The number of nitrogens with two attached hydrogens (primary N) is 1. The molecule has 2 heteroatoms. The first-order valence-electron chi connectivity index (χ1n) is 4.43. The lowest BCUT2D eigenvalue weighted by Gasteiger charge is -2.40. The lowest BCUT2D eigenvalue weighted by Crippen LogP contribution is -2.56. The van der Waals surface area contributed by atoms with Gasteiger partial charge in [-0.15, -0.1) is 0 Å². The minimum absolute atomic E-state index is 0.288. The third-order valence-electron chi connectivity index (χ3n) is 2.63. The first-order valence-corrected chi connectivity index (χ1v) is 4.43. The van der Waals surface area contributed by atoms with Gasteiger partial charge < -0.3 is 5.73 Å². The Bertz CT molecular complexity index is 206. The highest BCUT2D eigenvalue weighted by atomic mass is 15.2. The molecule has 0 saturated heterocycles. The molecule has 2 unspecified atom stereocenters. The van der Waals surface area contributed by atoms with Gasteiger partial charge in [0.25, 0.3) is 0 Å². The van der Waals surface area contributed by atoms with Crippen LogP contribution in [-0.4, -0.2) is 24.7 Å². The molecular weight excluding hydrogens is 148 g/mol. The van der Waals surface area contributed by atoms with Crippen LogP contribution in [0.15, 0.2) is 24.3 Å². The zero-order valence-corrected chi connectivity index (χ0v) is 8.12. The molecule has 0 aromatic heterocycles. The first-order chi connectivity index (χ1) is 5.61. The quantitative estimate of drug-likeness (QED) is 0.627. The number of nitrogens with zero attached hydrogens (tertiary/aromatic N) is 1. The van der Waals surface area contributed by atoms with E-state index in [9.17, 15) is 0 Å². The van der Waals surface area contributed by atoms with Crippen molar-refractivity contribution in [3.05, 3.63) is 24.3 Å². The van der Waals surface area contributed by atoms with Crippen LogP contribution in [0.3, 0.4) is 0 Å². The predicted molar refractivity (Wildman–Crippen MR) is 52.7 cm³/mol. The monoisotopic (exact) mass is 166 g/mol. The Hall–Kier alpha value is -0.600. The molecule has 0 radical (unpaired) electrons. The molecule has 68 valence electrons. The topological polar surface area (TPSA) is 29.3 Å². The van der Waals surface area contributed by atoms with Gasteiger partial charge in [-0.2, -0.15) is 0 Å². The minimum atomic E-state index is -0.288. The SMILES string of the molecule is CCC1C=CC=CC1(N)N(C)C. The Morgan fingerprint density at radius 1 is 1.42 bits per heavy atom. The fourth-order valence-corrected chi connectivity index (χ4v) is 1.63. The molecule has 0 aromatic carbocycles. The largest absolute Gasteiger partial charge is 0.309 e. The molecule has 2 atom stereocenters. The van der Waals surface area contributed by atoms with E-state index in [0.717, 1.165) is 6.42 Å². The van der Waals surface area contributed by atoms with E-state index < -0.39 is 0 Å². The molecule has 2 N–H and O–H groups in total. The van der Waals surface area contributed by atoms with Crippen molar-refractivity contribution < 1.29 is 0 Å². The van der Waals surface area contributed by atoms with Crippen LogP contribution in [0.2, 0.25) is 0 Å². The van der Waals surface area contributed by atoms with Crippen LogP contribution < -0.4 is 5.73 Å². The maximum atomic E-state index is 6.24. The van der Waals surface area contributed by atoms with Crippen LogP contribution >= 0.6 is 0 Å². The second-order valence-corrected chi connectivity index (χ2v) is 3.54. The van der Waals surface area contributed by atoms with E-state index >= 15 is 0 Å². The summed E-state index contributed by atoms with van der Waals surface area (Å²) in [6.45, 7) is 2.17. The van der Waals surface area contributed by atoms with E-state index in [1.807, 2.05) is 20.2 Å². The Labute approximate surface area is 74.7 Å². The summed E-state index contributed by atoms with van der Waals surface area (Å²) in [6, 6.07) is 0. The number of rotatable bonds is 2. The van der Waals surface area contributed by atoms with E-state index in [1.54, 1.807) is 0 Å². The lowest BCUT2D eigenvalue weighted by molar-refractivity contribution is 0.155. The van der Waals surface area contributed by atoms with E-state index in [1.165, 1.54) is 0 Å². The maximum Gasteiger partial charge on any atom is 0.0941 e. The number of allylic oxidation sites excluding steroid dienone is 2. The highest BCUT2D eigenvalue weighted by Gasteiger charge is 2.32. The molecule has 0 bridgehead atoms. The molecule has 0 aliphatic heterocycles. The molecule has 12 heavy (non-hydrogen) atoms. The summed E-state index contributed by atoms with van der Waals surface area (Å²) < 4.78 is 0. The van der Waals surface area contributed by atoms with Crippen LogP contribution in [0, 0.1) is 5.92 Å². The molecule has 1 aliphatic carbocycles. The number of hydrogen-bond acceptors (Lipinski definition) is 2. The molecule has 0 aromatic rings. The Balaban J connectivity index is 2.86. The molecule has 0 heterocycles. The standard InChI is InChI=1S/C10H18N2/c1-4-9-7-5-6-8-10(9,11)12(2)3/h5-9H,4,11H2,1-3H3. The maximum absolute atomic E-state index is 6.24. The first kappa shape index (κ1) is 9.49. The molecule has 1 aliphatic rings. The van der Waals surface area contributed by atoms with Crippen molar-refractivity contribution in [1.29, 1.82) is 0 Å². The van der Waals surface area contributed by atoms with Crippen LogP contribution in [0.4, 0.5) is 0 Å². The highest BCUT2D eigenvalue weighted by molar-refractivity contribution is 5.22. The van der Waals surface area contributed by atoms with Crippen LogP contribution in [0.25, 0.3) is 0 Å². The van der Waals surface area contributed by atoms with Gasteiger partial charge in [-0.25, -0.2) is 0 Å². The Morgan fingerprint density at radius 2 is 2.08 bits per heavy atom. The summed E-state index contributed by atoms with van der Waals surface area (Å²) in [5.74, 6) is 0.428.